The summed E-state index contributed by atoms with van der Waals surface area (Å²) in [4.78, 5) is 31.6. The highest BCUT2D eigenvalue weighted by atomic mass is 79.9. The van der Waals surface area contributed by atoms with Gasteiger partial charge in [-0.25, -0.2) is 4.98 Å². The molecule has 4 rings (SSSR count). The van der Waals surface area contributed by atoms with Gasteiger partial charge < -0.3 is 14.6 Å². The second-order valence-corrected chi connectivity index (χ2v) is 8.48. The smallest absolute Gasteiger partial charge is 0.295 e. The van der Waals surface area contributed by atoms with Crippen molar-refractivity contribution in [2.75, 3.05) is 6.54 Å². The Bertz CT molecular complexity index is 1120. The van der Waals surface area contributed by atoms with Crippen LogP contribution in [0, 0.1) is 6.92 Å². The van der Waals surface area contributed by atoms with Crippen LogP contribution >= 0.6 is 15.9 Å². The molecule has 6 nitrogen and oxygen atoms in total. The molecule has 2 aromatic carbocycles. The lowest BCUT2D eigenvalue weighted by Crippen LogP contribution is -2.31. The fourth-order valence-corrected chi connectivity index (χ4v) is 4.08. The van der Waals surface area contributed by atoms with Crippen LogP contribution in [0.15, 0.2) is 77.3 Å². The Kier molecular flexibility index (Phi) is 6.04. The third-order valence-electron chi connectivity index (χ3n) is 5.43. The molecule has 1 atom stereocenters. The van der Waals surface area contributed by atoms with Gasteiger partial charge in [0.1, 0.15) is 5.76 Å². The number of carbonyl (C=O) groups is 2. The number of hydrogen-bond acceptors (Lipinski definition) is 4. The molecule has 0 radical (unpaired) electrons. The molecule has 0 unspecified atom stereocenters. The SMILES string of the molecule is Cc1ccc([C@@H]2/C(=C(\O)c3ccc(Br)cc3)C(=O)C(=O)N2CCCn2ccnc2)cc1. The summed E-state index contributed by atoms with van der Waals surface area (Å²) in [5, 5.41) is 11.0. The zero-order valence-corrected chi connectivity index (χ0v) is 18.6. The number of carbonyl (C=O) groups excluding carboxylic acids is 2. The number of hydrogen-bond donors (Lipinski definition) is 1. The van der Waals surface area contributed by atoms with Gasteiger partial charge in [-0.1, -0.05) is 57.9 Å². The van der Waals surface area contributed by atoms with Crippen molar-refractivity contribution in [3.8, 4) is 0 Å². The van der Waals surface area contributed by atoms with Crippen LogP contribution < -0.4 is 0 Å². The zero-order chi connectivity index (χ0) is 22.0. The number of aromatic nitrogens is 2. The predicted octanol–water partition coefficient (Wildman–Crippen LogP) is 4.47. The van der Waals surface area contributed by atoms with E-state index in [4.69, 9.17) is 0 Å². The molecule has 3 aromatic rings. The molecule has 0 bridgehead atoms. The molecule has 158 valence electrons. The molecule has 0 spiro atoms. The number of imidazole rings is 1. The number of aliphatic hydroxyl groups is 1. The summed E-state index contributed by atoms with van der Waals surface area (Å²) in [6.07, 6.45) is 5.94. The Labute approximate surface area is 189 Å². The molecule has 0 aliphatic carbocycles. The third-order valence-corrected chi connectivity index (χ3v) is 5.95. The van der Waals surface area contributed by atoms with Gasteiger partial charge in [-0.2, -0.15) is 0 Å². The molecule has 1 aliphatic heterocycles. The van der Waals surface area contributed by atoms with Gasteiger partial charge in [-0.3, -0.25) is 9.59 Å². The van der Waals surface area contributed by atoms with Gasteiger partial charge in [0.05, 0.1) is 17.9 Å². The maximum absolute atomic E-state index is 13.0. The first-order valence-electron chi connectivity index (χ1n) is 10.0. The first kappa shape index (κ1) is 21.1. The highest BCUT2D eigenvalue weighted by Crippen LogP contribution is 2.39. The van der Waals surface area contributed by atoms with Crippen LogP contribution in [0.1, 0.15) is 29.2 Å². The van der Waals surface area contributed by atoms with Crippen LogP contribution in [0.5, 0.6) is 0 Å². The fraction of sp³-hybridized carbons (Fsp3) is 0.208. The van der Waals surface area contributed by atoms with Gasteiger partial charge >= 0.3 is 0 Å². The summed E-state index contributed by atoms with van der Waals surface area (Å²) in [6, 6.07) is 14.1. The van der Waals surface area contributed by atoms with Crippen LogP contribution in [0.3, 0.4) is 0 Å². The molecular formula is C24H22BrN3O3. The number of likely N-dealkylation sites (tertiary alicyclic amines) is 1. The van der Waals surface area contributed by atoms with Crippen molar-refractivity contribution in [3.63, 3.8) is 0 Å². The van der Waals surface area contributed by atoms with Crippen molar-refractivity contribution in [3.05, 3.63) is 94.0 Å². The number of amides is 1. The minimum Gasteiger partial charge on any atom is -0.507 e. The number of benzene rings is 2. The second-order valence-electron chi connectivity index (χ2n) is 7.56. The summed E-state index contributed by atoms with van der Waals surface area (Å²) in [7, 11) is 0. The van der Waals surface area contributed by atoms with E-state index in [0.717, 1.165) is 15.6 Å². The van der Waals surface area contributed by atoms with E-state index in [9.17, 15) is 14.7 Å². The van der Waals surface area contributed by atoms with Crippen molar-refractivity contribution >= 4 is 33.4 Å². The number of nitrogens with zero attached hydrogens (tertiary/aromatic N) is 3. The number of aryl methyl sites for hydroxylation is 2. The van der Waals surface area contributed by atoms with E-state index in [0.29, 0.717) is 25.1 Å². The van der Waals surface area contributed by atoms with Gasteiger partial charge in [0.25, 0.3) is 11.7 Å². The number of ketones is 1. The predicted molar refractivity (Wildman–Crippen MR) is 121 cm³/mol. The number of aliphatic hydroxyl groups excluding tert-OH is 1. The molecule has 1 N–H and O–H groups in total. The standard InChI is InChI=1S/C24H22BrN3O3/c1-16-3-5-17(6-4-16)21-20(22(29)18-7-9-19(25)10-8-18)23(30)24(31)28(21)13-2-12-27-14-11-26-15-27/h3-11,14-15,21,29H,2,12-13H2,1H3/b22-20+/t21-/m1/s1. The Morgan fingerprint density at radius 3 is 2.42 bits per heavy atom. The molecule has 1 amide bonds. The quantitative estimate of drug-likeness (QED) is 0.321. The Morgan fingerprint density at radius 2 is 1.77 bits per heavy atom. The van der Waals surface area contributed by atoms with E-state index in [1.54, 1.807) is 41.7 Å². The van der Waals surface area contributed by atoms with Crippen molar-refractivity contribution < 1.29 is 14.7 Å². The highest BCUT2D eigenvalue weighted by molar-refractivity contribution is 9.10. The lowest BCUT2D eigenvalue weighted by Gasteiger charge is -2.25. The molecule has 31 heavy (non-hydrogen) atoms. The van der Waals surface area contributed by atoms with Crippen molar-refractivity contribution in [2.45, 2.75) is 25.9 Å². The fourth-order valence-electron chi connectivity index (χ4n) is 3.81. The van der Waals surface area contributed by atoms with Crippen molar-refractivity contribution in [1.29, 1.82) is 0 Å². The first-order valence-corrected chi connectivity index (χ1v) is 10.8. The summed E-state index contributed by atoms with van der Waals surface area (Å²) in [5.41, 5.74) is 2.50. The van der Waals surface area contributed by atoms with Gasteiger partial charge in [0.2, 0.25) is 0 Å². The van der Waals surface area contributed by atoms with Gasteiger partial charge in [-0.15, -0.1) is 0 Å². The summed E-state index contributed by atoms with van der Waals surface area (Å²) >= 11 is 3.38. The Hall–Kier alpha value is -3.19. The molecular weight excluding hydrogens is 458 g/mol. The summed E-state index contributed by atoms with van der Waals surface area (Å²) in [6.45, 7) is 3.04. The molecule has 2 heterocycles. The Morgan fingerprint density at radius 1 is 1.06 bits per heavy atom. The average molecular weight is 480 g/mol. The number of rotatable bonds is 6. The topological polar surface area (TPSA) is 75.4 Å². The minimum absolute atomic E-state index is 0.124. The lowest BCUT2D eigenvalue weighted by molar-refractivity contribution is -0.139. The lowest BCUT2D eigenvalue weighted by atomic mass is 9.94. The number of halogens is 1. The summed E-state index contributed by atoms with van der Waals surface area (Å²) < 4.78 is 2.79. The molecule has 1 saturated heterocycles. The third kappa shape index (κ3) is 4.32. The maximum atomic E-state index is 13.0. The normalized spacial score (nSPS) is 18.0. The first-order chi connectivity index (χ1) is 15.0. The average Bonchev–Trinajstić information content (AvgIpc) is 3.37. The van der Waals surface area contributed by atoms with Crippen LogP contribution in [0.4, 0.5) is 0 Å². The Balaban J connectivity index is 1.72. The van der Waals surface area contributed by atoms with Crippen molar-refractivity contribution in [1.82, 2.24) is 14.5 Å². The zero-order valence-electron chi connectivity index (χ0n) is 17.0. The highest BCUT2D eigenvalue weighted by Gasteiger charge is 2.45. The van der Waals surface area contributed by atoms with Gasteiger partial charge in [-0.05, 0) is 31.0 Å². The van der Waals surface area contributed by atoms with E-state index < -0.39 is 17.7 Å². The molecule has 1 aliphatic rings. The van der Waals surface area contributed by atoms with Crippen LogP contribution in [-0.4, -0.2) is 37.8 Å². The molecule has 7 heteroatoms. The van der Waals surface area contributed by atoms with Crippen molar-refractivity contribution in [2.24, 2.45) is 0 Å². The van der Waals surface area contributed by atoms with E-state index >= 15 is 0 Å². The summed E-state index contributed by atoms with van der Waals surface area (Å²) in [5.74, 6) is -1.41. The van der Waals surface area contributed by atoms with Crippen LogP contribution in [0.2, 0.25) is 0 Å². The van der Waals surface area contributed by atoms with Crippen LogP contribution in [-0.2, 0) is 16.1 Å². The van der Waals surface area contributed by atoms with E-state index in [-0.39, 0.29) is 11.3 Å². The number of Topliss-reactive ketones (excluding diaryl/α,β-unsaturated/α-hetero) is 1. The van der Waals surface area contributed by atoms with Gasteiger partial charge in [0.15, 0.2) is 0 Å². The second kappa shape index (κ2) is 8.89. The maximum Gasteiger partial charge on any atom is 0.295 e. The van der Waals surface area contributed by atoms with Gasteiger partial charge in [0, 0.05) is 35.5 Å². The molecule has 1 aromatic heterocycles. The minimum atomic E-state index is -0.659. The monoisotopic (exact) mass is 479 g/mol. The van der Waals surface area contributed by atoms with E-state index in [2.05, 4.69) is 20.9 Å². The largest absolute Gasteiger partial charge is 0.507 e. The molecule has 1 fully saturated rings. The molecule has 0 saturated carbocycles. The van der Waals surface area contributed by atoms with E-state index in [1.807, 2.05) is 42.0 Å². The van der Waals surface area contributed by atoms with Crippen LogP contribution in [0.25, 0.3) is 5.76 Å². The van der Waals surface area contributed by atoms with E-state index in [1.165, 1.54) is 0 Å².